The number of amides is 1. The highest BCUT2D eigenvalue weighted by molar-refractivity contribution is 8.27. The molecule has 0 aliphatic carbocycles. The van der Waals surface area contributed by atoms with Gasteiger partial charge in [-0.2, -0.15) is 0 Å². The molecule has 0 spiro atoms. The minimum absolute atomic E-state index is 0.0566. The second kappa shape index (κ2) is 6.14. The number of aryl methyl sites for hydroxylation is 1. The summed E-state index contributed by atoms with van der Waals surface area (Å²) in [5.41, 5.74) is 1.14. The highest BCUT2D eigenvalue weighted by Gasteiger charge is 2.33. The van der Waals surface area contributed by atoms with Crippen LogP contribution in [0.1, 0.15) is 28.8 Å². The van der Waals surface area contributed by atoms with Gasteiger partial charge in [-0.25, -0.2) is 0 Å². The molecule has 116 valence electrons. The van der Waals surface area contributed by atoms with Crippen molar-refractivity contribution in [2.45, 2.75) is 13.8 Å². The highest BCUT2D eigenvalue weighted by Crippen LogP contribution is 2.36. The Labute approximate surface area is 143 Å². The van der Waals surface area contributed by atoms with Crippen LogP contribution in [0.3, 0.4) is 0 Å². The second-order valence-electron chi connectivity index (χ2n) is 5.07. The van der Waals surface area contributed by atoms with Crippen molar-refractivity contribution < 1.29 is 14.0 Å². The highest BCUT2D eigenvalue weighted by atomic mass is 32.2. The third-order valence-corrected chi connectivity index (χ3v) is 4.64. The number of thioether (sulfide) groups is 1. The lowest BCUT2D eigenvalue weighted by molar-refractivity contribution is -0.113. The summed E-state index contributed by atoms with van der Waals surface area (Å²) in [6.45, 7) is 3.33. The molecular weight excluding hydrogens is 330 g/mol. The van der Waals surface area contributed by atoms with E-state index >= 15 is 0 Å². The number of hydrogen-bond acceptors (Lipinski definition) is 5. The van der Waals surface area contributed by atoms with Crippen LogP contribution in [0.15, 0.2) is 45.7 Å². The van der Waals surface area contributed by atoms with Gasteiger partial charge in [0, 0.05) is 11.6 Å². The molecule has 0 atom stereocenters. The first kappa shape index (κ1) is 15.7. The summed E-state index contributed by atoms with van der Waals surface area (Å²) in [4.78, 5) is 26.1. The van der Waals surface area contributed by atoms with E-state index < -0.39 is 0 Å². The topological polar surface area (TPSA) is 50.5 Å². The lowest BCUT2D eigenvalue weighted by Gasteiger charge is -2.15. The fourth-order valence-corrected chi connectivity index (χ4v) is 3.49. The van der Waals surface area contributed by atoms with Gasteiger partial charge in [0.15, 0.2) is 10.1 Å². The van der Waals surface area contributed by atoms with E-state index in [0.717, 1.165) is 5.76 Å². The summed E-state index contributed by atoms with van der Waals surface area (Å²) in [6, 6.07) is 10.5. The summed E-state index contributed by atoms with van der Waals surface area (Å²) < 4.78 is 5.91. The minimum atomic E-state index is -0.213. The van der Waals surface area contributed by atoms with E-state index in [2.05, 4.69) is 0 Å². The van der Waals surface area contributed by atoms with Crippen molar-refractivity contribution in [2.24, 2.45) is 0 Å². The molecule has 1 amide bonds. The number of nitrogens with zero attached hydrogens (tertiary/aromatic N) is 1. The molecule has 1 saturated heterocycles. The molecule has 1 aliphatic rings. The van der Waals surface area contributed by atoms with Gasteiger partial charge in [-0.15, -0.1) is 0 Å². The van der Waals surface area contributed by atoms with Gasteiger partial charge in [-0.05, 0) is 38.1 Å². The Balaban J connectivity index is 1.94. The van der Waals surface area contributed by atoms with Crippen molar-refractivity contribution in [1.82, 2.24) is 0 Å². The van der Waals surface area contributed by atoms with Crippen molar-refractivity contribution in [2.75, 3.05) is 4.90 Å². The number of hydrogen-bond donors (Lipinski definition) is 0. The van der Waals surface area contributed by atoms with Crippen molar-refractivity contribution in [3.05, 3.63) is 58.4 Å². The number of carbonyl (C=O) groups is 2. The maximum absolute atomic E-state index is 12.6. The first-order valence-electron chi connectivity index (χ1n) is 6.91. The molecule has 3 rings (SSSR count). The first-order chi connectivity index (χ1) is 11.0. The van der Waals surface area contributed by atoms with Gasteiger partial charge < -0.3 is 4.42 Å². The lowest BCUT2D eigenvalue weighted by Crippen LogP contribution is -2.27. The Kier molecular flexibility index (Phi) is 4.19. The number of carbonyl (C=O) groups excluding carboxylic acids is 2. The predicted octanol–water partition coefficient (Wildman–Crippen LogP) is 4.20. The molecule has 0 saturated carbocycles. The van der Waals surface area contributed by atoms with Gasteiger partial charge in [0.2, 0.25) is 0 Å². The van der Waals surface area contributed by atoms with E-state index in [1.54, 1.807) is 36.4 Å². The molecule has 0 radical (unpaired) electrons. The van der Waals surface area contributed by atoms with Crippen LogP contribution in [0.5, 0.6) is 0 Å². The summed E-state index contributed by atoms with van der Waals surface area (Å²) in [5, 5.41) is 0. The number of rotatable bonds is 3. The number of benzene rings is 1. The zero-order valence-corrected chi connectivity index (χ0v) is 14.2. The van der Waals surface area contributed by atoms with Crippen molar-refractivity contribution in [3.63, 3.8) is 0 Å². The monoisotopic (exact) mass is 343 g/mol. The Morgan fingerprint density at radius 3 is 2.74 bits per heavy atom. The van der Waals surface area contributed by atoms with E-state index in [-0.39, 0.29) is 11.7 Å². The van der Waals surface area contributed by atoms with Crippen LogP contribution in [0.2, 0.25) is 0 Å². The predicted molar refractivity (Wildman–Crippen MR) is 95.5 cm³/mol. The van der Waals surface area contributed by atoms with Crippen molar-refractivity contribution >= 4 is 51.8 Å². The fraction of sp³-hybridized carbons (Fsp3) is 0.118. The van der Waals surface area contributed by atoms with E-state index in [1.165, 1.54) is 23.6 Å². The van der Waals surface area contributed by atoms with Gasteiger partial charge in [0.1, 0.15) is 11.5 Å². The van der Waals surface area contributed by atoms with E-state index in [0.29, 0.717) is 26.2 Å². The molecule has 4 nitrogen and oxygen atoms in total. The fourth-order valence-electron chi connectivity index (χ4n) is 2.21. The number of Topliss-reactive ketones (excluding diaryl/α,β-unsaturated/α-hetero) is 1. The van der Waals surface area contributed by atoms with Crippen LogP contribution in [-0.4, -0.2) is 16.0 Å². The average Bonchev–Trinajstić information content (AvgIpc) is 3.03. The molecule has 1 aliphatic heterocycles. The molecule has 0 unspecified atom stereocenters. The van der Waals surface area contributed by atoms with Gasteiger partial charge in [-0.3, -0.25) is 14.5 Å². The standard InChI is InChI=1S/C17H13NO3S2/c1-10-6-7-14(21-10)9-15-16(20)18(17(22)23-15)13-5-3-4-12(8-13)11(2)19/h3-9H,1-2H3/b15-9+. The molecule has 0 bridgehead atoms. The zero-order chi connectivity index (χ0) is 16.6. The Morgan fingerprint density at radius 2 is 2.09 bits per heavy atom. The summed E-state index contributed by atoms with van der Waals surface area (Å²) in [5.74, 6) is 1.12. The van der Waals surface area contributed by atoms with Gasteiger partial charge in [-0.1, -0.05) is 36.1 Å². The largest absolute Gasteiger partial charge is 0.462 e. The van der Waals surface area contributed by atoms with E-state index in [9.17, 15) is 9.59 Å². The Hall–Kier alpha value is -2.18. The molecule has 2 aromatic rings. The summed E-state index contributed by atoms with van der Waals surface area (Å²) in [6.07, 6.45) is 1.68. The Morgan fingerprint density at radius 1 is 1.30 bits per heavy atom. The third-order valence-electron chi connectivity index (χ3n) is 3.34. The van der Waals surface area contributed by atoms with E-state index in [1.807, 2.05) is 13.0 Å². The van der Waals surface area contributed by atoms with Crippen LogP contribution in [-0.2, 0) is 4.79 Å². The maximum atomic E-state index is 12.6. The summed E-state index contributed by atoms with van der Waals surface area (Å²) in [7, 11) is 0. The number of ketones is 1. The Bertz CT molecular complexity index is 851. The molecule has 0 N–H and O–H groups in total. The molecule has 2 heterocycles. The van der Waals surface area contributed by atoms with Crippen molar-refractivity contribution in [3.8, 4) is 0 Å². The van der Waals surface area contributed by atoms with Crippen LogP contribution in [0, 0.1) is 6.92 Å². The van der Waals surface area contributed by atoms with Crippen LogP contribution >= 0.6 is 24.0 Å². The summed E-state index contributed by atoms with van der Waals surface area (Å²) >= 11 is 6.54. The van der Waals surface area contributed by atoms with Crippen LogP contribution in [0.25, 0.3) is 6.08 Å². The van der Waals surface area contributed by atoms with E-state index in [4.69, 9.17) is 16.6 Å². The lowest BCUT2D eigenvalue weighted by atomic mass is 10.1. The maximum Gasteiger partial charge on any atom is 0.270 e. The van der Waals surface area contributed by atoms with Crippen molar-refractivity contribution in [1.29, 1.82) is 0 Å². The SMILES string of the molecule is CC(=O)c1cccc(N2C(=O)/C(=C\c3ccc(C)o3)SC2=S)c1. The molecular formula is C17H13NO3S2. The molecule has 6 heteroatoms. The number of furan rings is 1. The van der Waals surface area contributed by atoms with Gasteiger partial charge in [0.05, 0.1) is 10.6 Å². The molecule has 1 fully saturated rings. The molecule has 1 aromatic carbocycles. The van der Waals surface area contributed by atoms with Crippen LogP contribution in [0.4, 0.5) is 5.69 Å². The normalized spacial score (nSPS) is 16.4. The smallest absolute Gasteiger partial charge is 0.270 e. The average molecular weight is 343 g/mol. The molecule has 23 heavy (non-hydrogen) atoms. The van der Waals surface area contributed by atoms with Gasteiger partial charge >= 0.3 is 0 Å². The zero-order valence-electron chi connectivity index (χ0n) is 12.5. The van der Waals surface area contributed by atoms with Crippen LogP contribution < -0.4 is 4.90 Å². The minimum Gasteiger partial charge on any atom is -0.462 e. The first-order valence-corrected chi connectivity index (χ1v) is 8.13. The number of thiocarbonyl (C=S) groups is 1. The number of anilines is 1. The molecule has 1 aromatic heterocycles. The quantitative estimate of drug-likeness (QED) is 0.475. The second-order valence-corrected chi connectivity index (χ2v) is 6.75. The third kappa shape index (κ3) is 3.13. The van der Waals surface area contributed by atoms with Gasteiger partial charge in [0.25, 0.3) is 5.91 Å².